The summed E-state index contributed by atoms with van der Waals surface area (Å²) >= 11 is 0. The number of hydrogen-bond acceptors (Lipinski definition) is 14. The SMILES string of the molecule is O=C(O)[C@@]1(O[C@H]2[C@@H](O)[C@@H]([C@H](O)CO)O[C@](O)(C(=O)O)[C@H]2O)C[C@@H](O)[C@@H](O)[C@@H]([C@H](O)CO)O1. The molecule has 0 aromatic carbocycles. The molecule has 0 radical (unpaired) electrons. The Morgan fingerprint density at radius 3 is 1.84 bits per heavy atom. The van der Waals surface area contributed by atoms with Crippen molar-refractivity contribution < 1.29 is 80.0 Å². The van der Waals surface area contributed by atoms with Crippen LogP contribution in [-0.2, 0) is 23.8 Å². The standard InChI is InChI=1S/C16H26O16/c17-2-5(20)9-7(22)4(19)1-15(30-9,13(25)26)31-11-8(23)10(6(21)3-18)32-16(29,12(11)24)14(27)28/h4-12,17-24,29H,1-3H2,(H,25,26)(H,27,28)/t4-,5-,6-,7-,8+,9-,10-,11+,12+,15+,16+/m1/s1. The van der Waals surface area contributed by atoms with Crippen molar-refractivity contribution in [2.75, 3.05) is 13.2 Å². The van der Waals surface area contributed by atoms with E-state index in [9.17, 15) is 55.5 Å². The number of aliphatic hydroxyl groups excluding tert-OH is 8. The van der Waals surface area contributed by atoms with Gasteiger partial charge in [0.05, 0.1) is 19.3 Å². The fraction of sp³-hybridized carbons (Fsp3) is 0.875. The van der Waals surface area contributed by atoms with Crippen LogP contribution in [0.2, 0.25) is 0 Å². The van der Waals surface area contributed by atoms with Crippen LogP contribution >= 0.6 is 0 Å². The molecule has 186 valence electrons. The third kappa shape index (κ3) is 4.58. The van der Waals surface area contributed by atoms with E-state index in [1.807, 2.05) is 0 Å². The maximum atomic E-state index is 12.0. The fourth-order valence-electron chi connectivity index (χ4n) is 3.51. The number of aliphatic hydroxyl groups is 9. The van der Waals surface area contributed by atoms with Gasteiger partial charge in [-0.25, -0.2) is 9.59 Å². The van der Waals surface area contributed by atoms with Crippen molar-refractivity contribution in [2.45, 2.75) is 72.9 Å². The first kappa shape index (κ1) is 26.7. The third-order valence-corrected chi connectivity index (χ3v) is 5.33. The molecule has 16 heteroatoms. The summed E-state index contributed by atoms with van der Waals surface area (Å²) in [6.45, 7) is -2.16. The van der Waals surface area contributed by atoms with Gasteiger partial charge >= 0.3 is 11.9 Å². The first-order valence-electron chi connectivity index (χ1n) is 9.28. The van der Waals surface area contributed by atoms with Crippen LogP contribution in [0.4, 0.5) is 0 Å². The second-order valence-electron chi connectivity index (χ2n) is 7.50. The van der Waals surface area contributed by atoms with Crippen LogP contribution in [0.5, 0.6) is 0 Å². The van der Waals surface area contributed by atoms with Gasteiger partial charge in [-0.3, -0.25) is 0 Å². The maximum Gasteiger partial charge on any atom is 0.367 e. The Hall–Kier alpha value is -1.54. The van der Waals surface area contributed by atoms with Gasteiger partial charge in [-0.05, 0) is 0 Å². The van der Waals surface area contributed by atoms with Gasteiger partial charge in [0.25, 0.3) is 11.6 Å². The molecule has 11 N–H and O–H groups in total. The lowest BCUT2D eigenvalue weighted by molar-refractivity contribution is -0.392. The average molecular weight is 474 g/mol. The van der Waals surface area contributed by atoms with Gasteiger partial charge in [0.2, 0.25) is 0 Å². The lowest BCUT2D eigenvalue weighted by atomic mass is 9.88. The number of carboxylic acid groups (broad SMARTS) is 2. The van der Waals surface area contributed by atoms with E-state index < -0.39 is 98.1 Å². The summed E-state index contributed by atoms with van der Waals surface area (Å²) in [5.41, 5.74) is 0. The van der Waals surface area contributed by atoms with Gasteiger partial charge in [0.15, 0.2) is 0 Å². The Balaban J connectivity index is 2.49. The number of carbonyl (C=O) groups is 2. The van der Waals surface area contributed by atoms with Crippen molar-refractivity contribution in [1.29, 1.82) is 0 Å². The van der Waals surface area contributed by atoms with Crippen molar-refractivity contribution in [1.82, 2.24) is 0 Å². The number of hydrogen-bond donors (Lipinski definition) is 11. The van der Waals surface area contributed by atoms with Gasteiger partial charge in [-0.1, -0.05) is 0 Å². The average Bonchev–Trinajstić information content (AvgIpc) is 2.74. The van der Waals surface area contributed by atoms with Gasteiger partial charge in [-0.2, -0.15) is 0 Å². The van der Waals surface area contributed by atoms with E-state index in [1.54, 1.807) is 0 Å². The molecule has 2 aliphatic rings. The van der Waals surface area contributed by atoms with Crippen LogP contribution in [0.25, 0.3) is 0 Å². The summed E-state index contributed by atoms with van der Waals surface area (Å²) in [5.74, 6) is -10.9. The van der Waals surface area contributed by atoms with E-state index in [2.05, 4.69) is 4.74 Å². The molecule has 0 aromatic rings. The van der Waals surface area contributed by atoms with Gasteiger partial charge in [0.1, 0.15) is 48.8 Å². The first-order valence-corrected chi connectivity index (χ1v) is 9.28. The highest BCUT2D eigenvalue weighted by Gasteiger charge is 2.64. The van der Waals surface area contributed by atoms with E-state index in [0.717, 1.165) is 0 Å². The van der Waals surface area contributed by atoms with Crippen molar-refractivity contribution in [3.63, 3.8) is 0 Å². The van der Waals surface area contributed by atoms with Crippen LogP contribution in [0.15, 0.2) is 0 Å². The molecule has 0 saturated carbocycles. The molecule has 2 aliphatic heterocycles. The number of ether oxygens (including phenoxy) is 3. The van der Waals surface area contributed by atoms with E-state index in [4.69, 9.17) is 19.7 Å². The van der Waals surface area contributed by atoms with Crippen LogP contribution in [-0.4, -0.2) is 148 Å². The lowest BCUT2D eigenvalue weighted by Gasteiger charge is -2.50. The molecule has 2 rings (SSSR count). The minimum Gasteiger partial charge on any atom is -0.477 e. The zero-order valence-corrected chi connectivity index (χ0v) is 16.3. The highest BCUT2D eigenvalue weighted by Crippen LogP contribution is 2.39. The zero-order valence-electron chi connectivity index (χ0n) is 16.3. The molecular formula is C16H26O16. The van der Waals surface area contributed by atoms with Crippen LogP contribution in [0, 0.1) is 0 Å². The highest BCUT2D eigenvalue weighted by molar-refractivity contribution is 5.77. The Bertz CT molecular complexity index is 689. The highest BCUT2D eigenvalue weighted by atomic mass is 16.8. The third-order valence-electron chi connectivity index (χ3n) is 5.33. The molecule has 0 aliphatic carbocycles. The molecule has 0 unspecified atom stereocenters. The van der Waals surface area contributed by atoms with Crippen molar-refractivity contribution in [3.8, 4) is 0 Å². The molecule has 32 heavy (non-hydrogen) atoms. The second kappa shape index (κ2) is 9.75. The zero-order chi connectivity index (χ0) is 24.6. The quantitative estimate of drug-likeness (QED) is 0.156. The Labute approximate surface area is 179 Å². The Morgan fingerprint density at radius 1 is 0.906 bits per heavy atom. The van der Waals surface area contributed by atoms with Crippen molar-refractivity contribution in [3.05, 3.63) is 0 Å². The van der Waals surface area contributed by atoms with E-state index in [-0.39, 0.29) is 0 Å². The van der Waals surface area contributed by atoms with Crippen LogP contribution < -0.4 is 0 Å². The van der Waals surface area contributed by atoms with Crippen molar-refractivity contribution in [2.24, 2.45) is 0 Å². The normalized spacial score (nSPS) is 44.6. The predicted octanol–water partition coefficient (Wildman–Crippen LogP) is -6.74. The summed E-state index contributed by atoms with van der Waals surface area (Å²) in [4.78, 5) is 23.5. The monoisotopic (exact) mass is 474 g/mol. The van der Waals surface area contributed by atoms with Crippen LogP contribution in [0.1, 0.15) is 6.42 Å². The molecular weight excluding hydrogens is 448 g/mol. The summed E-state index contributed by atoms with van der Waals surface area (Å²) < 4.78 is 14.9. The molecule has 2 heterocycles. The Morgan fingerprint density at radius 2 is 1.41 bits per heavy atom. The number of carboxylic acids is 2. The lowest BCUT2D eigenvalue weighted by Crippen LogP contribution is -2.73. The predicted molar refractivity (Wildman–Crippen MR) is 92.4 cm³/mol. The van der Waals surface area contributed by atoms with E-state index in [1.165, 1.54) is 0 Å². The molecule has 0 amide bonds. The summed E-state index contributed by atoms with van der Waals surface area (Å²) in [6, 6.07) is 0. The fourth-order valence-corrected chi connectivity index (χ4v) is 3.51. The Kier molecular flexibility index (Phi) is 8.14. The topological polar surface area (TPSA) is 284 Å². The summed E-state index contributed by atoms with van der Waals surface area (Å²) in [5, 5.41) is 108. The van der Waals surface area contributed by atoms with E-state index in [0.29, 0.717) is 0 Å². The largest absolute Gasteiger partial charge is 0.477 e. The maximum absolute atomic E-state index is 12.0. The molecule has 2 fully saturated rings. The second-order valence-corrected chi connectivity index (χ2v) is 7.50. The molecule has 2 saturated heterocycles. The van der Waals surface area contributed by atoms with E-state index >= 15 is 0 Å². The smallest absolute Gasteiger partial charge is 0.367 e. The number of aliphatic carboxylic acids is 2. The molecule has 11 atom stereocenters. The minimum atomic E-state index is -3.55. The van der Waals surface area contributed by atoms with Gasteiger partial charge < -0.3 is 70.4 Å². The summed E-state index contributed by atoms with van der Waals surface area (Å²) in [7, 11) is 0. The van der Waals surface area contributed by atoms with Gasteiger partial charge in [-0.15, -0.1) is 0 Å². The molecule has 0 spiro atoms. The van der Waals surface area contributed by atoms with Crippen molar-refractivity contribution >= 4 is 11.9 Å². The van der Waals surface area contributed by atoms with Crippen LogP contribution in [0.3, 0.4) is 0 Å². The molecule has 16 nitrogen and oxygen atoms in total. The number of rotatable bonds is 8. The first-order chi connectivity index (χ1) is 14.8. The minimum absolute atomic E-state index is 1.05. The van der Waals surface area contributed by atoms with Gasteiger partial charge in [0, 0.05) is 6.42 Å². The molecule has 0 aromatic heterocycles. The summed E-state index contributed by atoms with van der Waals surface area (Å²) in [6.07, 6.45) is -20.3. The molecule has 0 bridgehead atoms.